The predicted molar refractivity (Wildman–Crippen MR) is 82.5 cm³/mol. The van der Waals surface area contributed by atoms with Gasteiger partial charge in [0.1, 0.15) is 0 Å². The van der Waals surface area contributed by atoms with Crippen molar-refractivity contribution in [2.75, 3.05) is 24.6 Å². The van der Waals surface area contributed by atoms with E-state index in [2.05, 4.69) is 27.2 Å². The minimum atomic E-state index is -0.320. The van der Waals surface area contributed by atoms with Crippen LogP contribution < -0.4 is 4.90 Å². The third kappa shape index (κ3) is 2.71. The van der Waals surface area contributed by atoms with Gasteiger partial charge in [-0.3, -0.25) is 0 Å². The lowest BCUT2D eigenvalue weighted by atomic mass is 10.0. The molecule has 0 saturated carbocycles. The maximum absolute atomic E-state index is 9.46. The van der Waals surface area contributed by atoms with Gasteiger partial charge in [-0.05, 0) is 20.8 Å². The van der Waals surface area contributed by atoms with Crippen molar-refractivity contribution in [3.05, 3.63) is 30.0 Å². The Bertz CT molecular complexity index is 657. The van der Waals surface area contributed by atoms with Gasteiger partial charge in [-0.25, -0.2) is 0 Å². The Morgan fingerprint density at radius 3 is 2.71 bits per heavy atom. The molecule has 5 heteroatoms. The molecule has 0 amide bonds. The highest BCUT2D eigenvalue weighted by Crippen LogP contribution is 2.30. The van der Waals surface area contributed by atoms with Crippen molar-refractivity contribution in [2.24, 2.45) is 0 Å². The van der Waals surface area contributed by atoms with E-state index in [0.29, 0.717) is 6.54 Å². The monoisotopic (exact) mass is 287 g/mol. The second-order valence-corrected chi connectivity index (χ2v) is 6.22. The topological polar surface area (TPSA) is 58.5 Å². The van der Waals surface area contributed by atoms with Crippen molar-refractivity contribution in [3.63, 3.8) is 0 Å². The van der Waals surface area contributed by atoms with E-state index in [1.54, 1.807) is 0 Å². The van der Waals surface area contributed by atoms with Gasteiger partial charge in [0.25, 0.3) is 0 Å². The number of morpholine rings is 1. The molecule has 1 aliphatic heterocycles. The largest absolute Gasteiger partial charge is 0.394 e. The summed E-state index contributed by atoms with van der Waals surface area (Å²) in [5, 5.41) is 20.4. The van der Waals surface area contributed by atoms with Crippen LogP contribution in [-0.2, 0) is 4.74 Å². The maximum Gasteiger partial charge on any atom is 0.159 e. The van der Waals surface area contributed by atoms with E-state index >= 15 is 0 Å². The first-order valence-corrected chi connectivity index (χ1v) is 7.26. The molecule has 1 unspecified atom stereocenters. The van der Waals surface area contributed by atoms with E-state index in [0.717, 1.165) is 28.8 Å². The fourth-order valence-corrected chi connectivity index (χ4v) is 3.01. The number of aliphatic hydroxyl groups excluding tert-OH is 1. The molecule has 3 rings (SSSR count). The average Bonchev–Trinajstić information content (AvgIpc) is 2.46. The Morgan fingerprint density at radius 1 is 1.29 bits per heavy atom. The predicted octanol–water partition coefficient (Wildman–Crippen LogP) is 1.91. The quantitative estimate of drug-likeness (QED) is 0.914. The van der Waals surface area contributed by atoms with Crippen molar-refractivity contribution in [1.29, 1.82) is 0 Å². The molecular formula is C16H21N3O2. The highest BCUT2D eigenvalue weighted by atomic mass is 16.5. The minimum absolute atomic E-state index is 0.0111. The minimum Gasteiger partial charge on any atom is -0.394 e. The lowest BCUT2D eigenvalue weighted by Crippen LogP contribution is -2.54. The van der Waals surface area contributed by atoms with Crippen LogP contribution in [0.4, 0.5) is 5.82 Å². The van der Waals surface area contributed by atoms with Gasteiger partial charge < -0.3 is 14.7 Å². The molecule has 1 atom stereocenters. The second-order valence-electron chi connectivity index (χ2n) is 6.22. The Kier molecular flexibility index (Phi) is 3.55. The summed E-state index contributed by atoms with van der Waals surface area (Å²) in [6.07, 6.45) is -0.199. The number of aliphatic hydroxyl groups is 1. The summed E-state index contributed by atoms with van der Waals surface area (Å²) in [5.41, 5.74) is 0.611. The first-order valence-electron chi connectivity index (χ1n) is 7.26. The summed E-state index contributed by atoms with van der Waals surface area (Å²) in [5.74, 6) is 0.867. The number of ether oxygens (including phenoxy) is 1. The highest BCUT2D eigenvalue weighted by molar-refractivity contribution is 5.93. The van der Waals surface area contributed by atoms with E-state index < -0.39 is 0 Å². The molecule has 1 saturated heterocycles. The van der Waals surface area contributed by atoms with E-state index in [9.17, 15) is 5.11 Å². The zero-order valence-electron chi connectivity index (χ0n) is 12.7. The van der Waals surface area contributed by atoms with Gasteiger partial charge in [-0.15, -0.1) is 5.10 Å². The van der Waals surface area contributed by atoms with Crippen molar-refractivity contribution in [1.82, 2.24) is 10.2 Å². The van der Waals surface area contributed by atoms with Crippen LogP contribution in [0, 0.1) is 6.92 Å². The lowest BCUT2D eigenvalue weighted by molar-refractivity contribution is -0.101. The van der Waals surface area contributed by atoms with E-state index in [4.69, 9.17) is 4.74 Å². The maximum atomic E-state index is 9.46. The third-order valence-corrected chi connectivity index (χ3v) is 3.84. The van der Waals surface area contributed by atoms with Crippen LogP contribution in [0.1, 0.15) is 19.5 Å². The summed E-state index contributed by atoms with van der Waals surface area (Å²) in [6.45, 7) is 7.40. The molecule has 0 radical (unpaired) electrons. The molecule has 21 heavy (non-hydrogen) atoms. The number of aryl methyl sites for hydroxylation is 1. The van der Waals surface area contributed by atoms with Gasteiger partial charge in [0.15, 0.2) is 5.82 Å². The molecule has 112 valence electrons. The number of hydrogen-bond acceptors (Lipinski definition) is 5. The normalized spacial score (nSPS) is 21.7. The number of fused-ring (bicyclic) bond motifs is 1. The van der Waals surface area contributed by atoms with Gasteiger partial charge in [0.2, 0.25) is 0 Å². The molecule has 1 aliphatic rings. The van der Waals surface area contributed by atoms with Crippen molar-refractivity contribution in [3.8, 4) is 0 Å². The zero-order chi connectivity index (χ0) is 15.0. The number of anilines is 1. The molecule has 5 nitrogen and oxygen atoms in total. The third-order valence-electron chi connectivity index (χ3n) is 3.84. The van der Waals surface area contributed by atoms with Gasteiger partial charge in [-0.1, -0.05) is 24.3 Å². The molecule has 1 N–H and O–H groups in total. The van der Waals surface area contributed by atoms with Gasteiger partial charge in [-0.2, -0.15) is 5.10 Å². The number of hydrogen-bond donors (Lipinski definition) is 1. The average molecular weight is 287 g/mol. The molecule has 2 aromatic rings. The molecule has 0 aliphatic carbocycles. The number of aromatic nitrogens is 2. The summed E-state index contributed by atoms with van der Waals surface area (Å²) in [4.78, 5) is 2.17. The molecule has 1 aromatic carbocycles. The van der Waals surface area contributed by atoms with Crippen LogP contribution >= 0.6 is 0 Å². The van der Waals surface area contributed by atoms with Crippen molar-refractivity contribution < 1.29 is 9.84 Å². The van der Waals surface area contributed by atoms with Crippen molar-refractivity contribution in [2.45, 2.75) is 32.5 Å². The Morgan fingerprint density at radius 2 is 2.00 bits per heavy atom. The van der Waals surface area contributed by atoms with Crippen LogP contribution in [0.5, 0.6) is 0 Å². The molecule has 1 fully saturated rings. The Labute approximate surface area is 124 Å². The van der Waals surface area contributed by atoms with E-state index in [-0.39, 0.29) is 18.3 Å². The summed E-state index contributed by atoms with van der Waals surface area (Å²) in [7, 11) is 0. The lowest BCUT2D eigenvalue weighted by Gasteiger charge is -2.42. The van der Waals surface area contributed by atoms with Crippen molar-refractivity contribution >= 4 is 16.6 Å². The highest BCUT2D eigenvalue weighted by Gasteiger charge is 2.34. The number of rotatable bonds is 2. The molecule has 1 aromatic heterocycles. The fraction of sp³-hybridized carbons (Fsp3) is 0.500. The zero-order valence-corrected chi connectivity index (χ0v) is 12.7. The smallest absolute Gasteiger partial charge is 0.159 e. The Balaban J connectivity index is 2.05. The summed E-state index contributed by atoms with van der Waals surface area (Å²) >= 11 is 0. The van der Waals surface area contributed by atoms with Crippen LogP contribution in [0.2, 0.25) is 0 Å². The van der Waals surface area contributed by atoms with Gasteiger partial charge in [0, 0.05) is 23.9 Å². The van der Waals surface area contributed by atoms with Gasteiger partial charge in [0.05, 0.1) is 24.0 Å². The second kappa shape index (κ2) is 5.24. The van der Waals surface area contributed by atoms with Crippen LogP contribution in [0.15, 0.2) is 24.3 Å². The molecule has 2 heterocycles. The fourth-order valence-electron chi connectivity index (χ4n) is 3.01. The number of benzene rings is 1. The number of nitrogens with zero attached hydrogens (tertiary/aromatic N) is 3. The van der Waals surface area contributed by atoms with E-state index in [1.807, 2.05) is 32.9 Å². The molecular weight excluding hydrogens is 266 g/mol. The standard InChI is InChI=1S/C16H21N3O2/c1-11-13-6-4-5-7-14(13)15(18-17-11)19-8-12(9-20)21-16(2,3)10-19/h4-7,12,20H,8-10H2,1-3H3. The first kappa shape index (κ1) is 14.2. The first-order chi connectivity index (χ1) is 10.00. The Hall–Kier alpha value is -1.72. The van der Waals surface area contributed by atoms with Crippen LogP contribution in [0.3, 0.4) is 0 Å². The van der Waals surface area contributed by atoms with Crippen LogP contribution in [-0.4, -0.2) is 46.7 Å². The molecule has 0 spiro atoms. The van der Waals surface area contributed by atoms with E-state index in [1.165, 1.54) is 0 Å². The summed E-state index contributed by atoms with van der Waals surface area (Å²) < 4.78 is 5.87. The molecule has 0 bridgehead atoms. The SMILES string of the molecule is Cc1nnc(N2CC(CO)OC(C)(C)C2)c2ccccc12. The van der Waals surface area contributed by atoms with Gasteiger partial charge >= 0.3 is 0 Å². The van der Waals surface area contributed by atoms with Crippen LogP contribution in [0.25, 0.3) is 10.8 Å². The summed E-state index contributed by atoms with van der Waals surface area (Å²) in [6, 6.07) is 8.17.